The average molecular weight is 637 g/mol. The molecule has 1 saturated heterocycles. The summed E-state index contributed by atoms with van der Waals surface area (Å²) in [6, 6.07) is 6.84. The first-order valence-electron chi connectivity index (χ1n) is 16.6. The average Bonchev–Trinajstić information content (AvgIpc) is 3.57. The topological polar surface area (TPSA) is 100 Å². The molecule has 1 amide bonds. The molecule has 1 aromatic carbocycles. The Morgan fingerprint density at radius 3 is 2.46 bits per heavy atom. The Morgan fingerprint density at radius 2 is 1.83 bits per heavy atom. The predicted octanol–water partition coefficient (Wildman–Crippen LogP) is 5.50. The molecule has 2 aromatic heterocycles. The lowest BCUT2D eigenvalue weighted by atomic mass is 9.62. The Balaban J connectivity index is 1.23. The lowest BCUT2D eigenvalue weighted by Crippen LogP contribution is -2.47. The summed E-state index contributed by atoms with van der Waals surface area (Å²) in [5.41, 5.74) is 0.597. The predicted molar refractivity (Wildman–Crippen MR) is 170 cm³/mol. The number of nitrogens with one attached hydrogen (secondary N) is 3. The van der Waals surface area contributed by atoms with Gasteiger partial charge in [-0.15, -0.1) is 10.2 Å². The zero-order chi connectivity index (χ0) is 32.1. The minimum absolute atomic E-state index is 0.0185. The van der Waals surface area contributed by atoms with Crippen LogP contribution in [0.1, 0.15) is 96.7 Å². The van der Waals surface area contributed by atoms with Gasteiger partial charge in [0.15, 0.2) is 0 Å². The van der Waals surface area contributed by atoms with Crippen molar-refractivity contribution in [3.05, 3.63) is 64.2 Å². The van der Waals surface area contributed by atoms with E-state index in [1.807, 2.05) is 17.7 Å². The number of halogens is 3. The Hall–Kier alpha value is -3.51. The summed E-state index contributed by atoms with van der Waals surface area (Å²) in [6.07, 6.45) is 5.95. The van der Waals surface area contributed by atoms with Crippen LogP contribution in [0.15, 0.2) is 30.6 Å². The van der Waals surface area contributed by atoms with Crippen LogP contribution in [0.4, 0.5) is 24.8 Å². The van der Waals surface area contributed by atoms with Crippen LogP contribution < -0.4 is 20.9 Å². The van der Waals surface area contributed by atoms with E-state index in [0.717, 1.165) is 82.4 Å². The van der Waals surface area contributed by atoms with Gasteiger partial charge in [-0.3, -0.25) is 9.69 Å². The van der Waals surface area contributed by atoms with Crippen molar-refractivity contribution in [2.24, 2.45) is 13.0 Å². The van der Waals surface area contributed by atoms with Crippen molar-refractivity contribution in [2.45, 2.75) is 94.9 Å². The van der Waals surface area contributed by atoms with Gasteiger partial charge in [0, 0.05) is 43.1 Å². The summed E-state index contributed by atoms with van der Waals surface area (Å²) in [5, 5.41) is 18.8. The van der Waals surface area contributed by atoms with Gasteiger partial charge in [0.2, 0.25) is 0 Å². The van der Waals surface area contributed by atoms with Gasteiger partial charge >= 0.3 is 6.18 Å². The highest BCUT2D eigenvalue weighted by Gasteiger charge is 2.43. The third-order valence-electron chi connectivity index (χ3n) is 10.9. The standard InChI is InChI=1S/C34H43F3N8O/c1-32(7-3-8-32)40-19-23-13-25-26(27(14-23)34(35,36)37)20-45(31(25)46)29-16-24(15-28(42-29)39-18-22-5-11-38-12-6-22)33(9-4-10-33)17-30-43-41-21-44(30)2/h13-16,21-22,38,40H,3-12,17-20H2,1-2H3,(H,39,42). The molecule has 3 fully saturated rings. The van der Waals surface area contributed by atoms with E-state index in [0.29, 0.717) is 29.5 Å². The number of carbonyl (C=O) groups is 1. The normalized spacial score (nSPS) is 20.7. The first kappa shape index (κ1) is 31.1. The van der Waals surface area contributed by atoms with Crippen molar-refractivity contribution in [1.82, 2.24) is 30.4 Å². The molecular formula is C34H43F3N8O. The zero-order valence-corrected chi connectivity index (χ0v) is 26.6. The molecule has 9 nitrogen and oxygen atoms in total. The van der Waals surface area contributed by atoms with Crippen molar-refractivity contribution in [1.29, 1.82) is 0 Å². The number of fused-ring (bicyclic) bond motifs is 1. The van der Waals surface area contributed by atoms with Crippen molar-refractivity contribution in [3.63, 3.8) is 0 Å². The van der Waals surface area contributed by atoms with Crippen LogP contribution in [-0.4, -0.2) is 50.8 Å². The number of amides is 1. The van der Waals surface area contributed by atoms with Crippen LogP contribution >= 0.6 is 0 Å². The fourth-order valence-corrected chi connectivity index (χ4v) is 7.53. The first-order valence-corrected chi connectivity index (χ1v) is 16.6. The minimum atomic E-state index is -4.58. The molecule has 3 aromatic rings. The SMILES string of the molecule is Cn1cnnc1CC1(c2cc(NCC3CCNCC3)nc(N3Cc4c(cc(CNC5(C)CCC5)cc4C(F)(F)F)C3=O)c2)CCC1. The quantitative estimate of drug-likeness (QED) is 0.271. The number of hydrogen-bond donors (Lipinski definition) is 3. The lowest BCUT2D eigenvalue weighted by molar-refractivity contribution is -0.138. The second-order valence-corrected chi connectivity index (χ2v) is 14.2. The highest BCUT2D eigenvalue weighted by Crippen LogP contribution is 2.48. The number of anilines is 2. The van der Waals surface area contributed by atoms with E-state index in [1.165, 1.54) is 11.0 Å². The molecular weight excluding hydrogens is 593 g/mol. The van der Waals surface area contributed by atoms with E-state index < -0.39 is 17.6 Å². The molecule has 3 N–H and O–H groups in total. The number of aryl methyl sites for hydroxylation is 1. The maximum atomic E-state index is 14.5. The van der Waals surface area contributed by atoms with Crippen molar-refractivity contribution >= 4 is 17.5 Å². The van der Waals surface area contributed by atoms with Gasteiger partial charge in [0.1, 0.15) is 23.8 Å². The monoisotopic (exact) mass is 636 g/mol. The number of benzene rings is 1. The van der Waals surface area contributed by atoms with Crippen molar-refractivity contribution in [2.75, 3.05) is 29.9 Å². The number of alkyl halides is 3. The van der Waals surface area contributed by atoms with E-state index in [2.05, 4.69) is 39.1 Å². The van der Waals surface area contributed by atoms with Gasteiger partial charge < -0.3 is 20.5 Å². The molecule has 2 saturated carbocycles. The van der Waals surface area contributed by atoms with E-state index >= 15 is 0 Å². The van der Waals surface area contributed by atoms with Crippen LogP contribution in [0.5, 0.6) is 0 Å². The van der Waals surface area contributed by atoms with E-state index in [-0.39, 0.29) is 35.2 Å². The van der Waals surface area contributed by atoms with Crippen LogP contribution in [0.25, 0.3) is 0 Å². The van der Waals surface area contributed by atoms with Gasteiger partial charge in [-0.25, -0.2) is 4.98 Å². The van der Waals surface area contributed by atoms with E-state index in [4.69, 9.17) is 4.98 Å². The number of hydrogen-bond acceptors (Lipinski definition) is 7. The van der Waals surface area contributed by atoms with E-state index in [9.17, 15) is 18.0 Å². The fraction of sp³-hybridized carbons (Fsp3) is 0.588. The molecule has 0 radical (unpaired) electrons. The zero-order valence-electron chi connectivity index (χ0n) is 26.6. The molecule has 246 valence electrons. The number of nitrogens with zero attached hydrogens (tertiary/aromatic N) is 5. The highest BCUT2D eigenvalue weighted by molar-refractivity contribution is 6.10. The molecule has 2 aliphatic heterocycles. The van der Waals surface area contributed by atoms with Gasteiger partial charge in [-0.2, -0.15) is 13.2 Å². The summed E-state index contributed by atoms with van der Waals surface area (Å²) in [5.74, 6) is 1.95. The molecule has 4 aliphatic rings. The number of carbonyl (C=O) groups excluding carboxylic acids is 1. The second-order valence-electron chi connectivity index (χ2n) is 14.2. The summed E-state index contributed by atoms with van der Waals surface area (Å²) >= 11 is 0. The fourth-order valence-electron chi connectivity index (χ4n) is 7.53. The molecule has 0 bridgehead atoms. The Labute approximate surface area is 267 Å². The summed E-state index contributed by atoms with van der Waals surface area (Å²) in [7, 11) is 1.93. The van der Waals surface area contributed by atoms with Crippen molar-refractivity contribution < 1.29 is 18.0 Å². The molecule has 7 rings (SSSR count). The molecule has 2 aliphatic carbocycles. The minimum Gasteiger partial charge on any atom is -0.370 e. The Morgan fingerprint density at radius 1 is 1.07 bits per heavy atom. The second kappa shape index (κ2) is 11.9. The summed E-state index contributed by atoms with van der Waals surface area (Å²) in [6.45, 7) is 4.90. The van der Waals surface area contributed by atoms with Gasteiger partial charge in [0.05, 0.1) is 12.1 Å². The molecule has 4 heterocycles. The number of rotatable bonds is 10. The largest absolute Gasteiger partial charge is 0.416 e. The maximum Gasteiger partial charge on any atom is 0.416 e. The molecule has 12 heteroatoms. The van der Waals surface area contributed by atoms with Crippen molar-refractivity contribution in [3.8, 4) is 0 Å². The number of pyridine rings is 1. The first-order chi connectivity index (χ1) is 22.0. The smallest absolute Gasteiger partial charge is 0.370 e. The van der Waals surface area contributed by atoms with Crippen LogP contribution in [0, 0.1) is 5.92 Å². The Bertz CT molecular complexity index is 1600. The van der Waals surface area contributed by atoms with Crippen LogP contribution in [0.2, 0.25) is 0 Å². The molecule has 46 heavy (non-hydrogen) atoms. The maximum absolute atomic E-state index is 14.5. The highest BCUT2D eigenvalue weighted by atomic mass is 19.4. The third kappa shape index (κ3) is 6.01. The number of aromatic nitrogens is 4. The lowest BCUT2D eigenvalue weighted by Gasteiger charge is -2.42. The summed E-state index contributed by atoms with van der Waals surface area (Å²) < 4.78 is 45.3. The Kier molecular flexibility index (Phi) is 8.07. The van der Waals surface area contributed by atoms with Gasteiger partial charge in [0.25, 0.3) is 5.91 Å². The van der Waals surface area contributed by atoms with Gasteiger partial charge in [-0.1, -0.05) is 6.42 Å². The van der Waals surface area contributed by atoms with Crippen LogP contribution in [0.3, 0.4) is 0 Å². The number of piperidine rings is 1. The van der Waals surface area contributed by atoms with Gasteiger partial charge in [-0.05, 0) is 112 Å². The van der Waals surface area contributed by atoms with Crippen LogP contribution in [-0.2, 0) is 38.1 Å². The molecule has 0 atom stereocenters. The molecule has 0 unspecified atom stereocenters. The third-order valence-corrected chi connectivity index (χ3v) is 10.9. The summed E-state index contributed by atoms with van der Waals surface area (Å²) in [4.78, 5) is 20.3. The van der Waals surface area contributed by atoms with E-state index in [1.54, 1.807) is 12.4 Å². The molecule has 0 spiro atoms.